The SMILES string of the molecule is Cc1nccn1CC1CCc2c(c3ccccc3n2C)/C1=N/OCC(F)(F)F. The van der Waals surface area contributed by atoms with Gasteiger partial charge in [-0.15, -0.1) is 0 Å². The number of fused-ring (bicyclic) bond motifs is 3. The lowest BCUT2D eigenvalue weighted by molar-refractivity contribution is -0.173. The van der Waals surface area contributed by atoms with Crippen LogP contribution in [0, 0.1) is 12.8 Å². The van der Waals surface area contributed by atoms with Crippen LogP contribution in [-0.2, 0) is 24.9 Å². The molecule has 0 saturated carbocycles. The normalized spacial score (nSPS) is 18.6. The van der Waals surface area contributed by atoms with Gasteiger partial charge in [-0.2, -0.15) is 13.2 Å². The monoisotopic (exact) mass is 390 g/mol. The van der Waals surface area contributed by atoms with Crippen LogP contribution in [0.25, 0.3) is 10.9 Å². The molecule has 0 bridgehead atoms. The number of nitrogens with zero attached hydrogens (tertiary/aromatic N) is 4. The van der Waals surface area contributed by atoms with E-state index in [9.17, 15) is 13.2 Å². The largest absolute Gasteiger partial charge is 0.425 e. The number of aromatic nitrogens is 3. The highest BCUT2D eigenvalue weighted by molar-refractivity contribution is 6.13. The number of oxime groups is 1. The number of aryl methyl sites for hydroxylation is 2. The minimum Gasteiger partial charge on any atom is -0.386 e. The van der Waals surface area contributed by atoms with Gasteiger partial charge in [0.1, 0.15) is 5.82 Å². The number of para-hydroxylation sites is 1. The molecule has 5 nitrogen and oxygen atoms in total. The van der Waals surface area contributed by atoms with Gasteiger partial charge in [-0.1, -0.05) is 23.4 Å². The topological polar surface area (TPSA) is 44.3 Å². The van der Waals surface area contributed by atoms with Gasteiger partial charge in [-0.25, -0.2) is 4.98 Å². The van der Waals surface area contributed by atoms with E-state index in [4.69, 9.17) is 4.84 Å². The Balaban J connectivity index is 1.78. The Morgan fingerprint density at radius 3 is 2.79 bits per heavy atom. The molecule has 148 valence electrons. The van der Waals surface area contributed by atoms with Crippen LogP contribution in [0.5, 0.6) is 0 Å². The molecule has 1 aromatic carbocycles. The molecular formula is C20H21F3N4O. The first kappa shape index (κ1) is 18.6. The summed E-state index contributed by atoms with van der Waals surface area (Å²) in [5.74, 6) is 0.804. The van der Waals surface area contributed by atoms with Gasteiger partial charge in [-0.3, -0.25) is 0 Å². The first-order valence-corrected chi connectivity index (χ1v) is 9.16. The van der Waals surface area contributed by atoms with E-state index in [-0.39, 0.29) is 5.92 Å². The Morgan fingerprint density at radius 2 is 2.07 bits per heavy atom. The molecule has 1 unspecified atom stereocenters. The highest BCUT2D eigenvalue weighted by Crippen LogP contribution is 2.35. The summed E-state index contributed by atoms with van der Waals surface area (Å²) in [6.07, 6.45) is 0.789. The van der Waals surface area contributed by atoms with Crippen LogP contribution in [0.1, 0.15) is 23.5 Å². The second kappa shape index (κ2) is 7.00. The molecule has 0 aliphatic heterocycles. The van der Waals surface area contributed by atoms with Crippen molar-refractivity contribution in [2.45, 2.75) is 32.5 Å². The highest BCUT2D eigenvalue weighted by Gasteiger charge is 2.33. The Bertz CT molecular complexity index is 1030. The molecule has 0 spiro atoms. The molecule has 0 fully saturated rings. The Kier molecular flexibility index (Phi) is 4.64. The maximum absolute atomic E-state index is 12.6. The fourth-order valence-corrected chi connectivity index (χ4v) is 3.98. The molecule has 0 amide bonds. The van der Waals surface area contributed by atoms with E-state index < -0.39 is 12.8 Å². The lowest BCUT2D eigenvalue weighted by Gasteiger charge is -2.26. The molecule has 3 aromatic rings. The zero-order valence-corrected chi connectivity index (χ0v) is 15.7. The Morgan fingerprint density at radius 1 is 1.29 bits per heavy atom. The second-order valence-electron chi connectivity index (χ2n) is 7.13. The number of hydrogen-bond donors (Lipinski definition) is 0. The summed E-state index contributed by atoms with van der Waals surface area (Å²) in [5.41, 5.74) is 3.59. The van der Waals surface area contributed by atoms with Gasteiger partial charge in [0, 0.05) is 54.1 Å². The predicted molar refractivity (Wildman–Crippen MR) is 100 cm³/mol. The number of alkyl halides is 3. The van der Waals surface area contributed by atoms with E-state index in [0.29, 0.717) is 12.3 Å². The van der Waals surface area contributed by atoms with Gasteiger partial charge < -0.3 is 14.0 Å². The smallest absolute Gasteiger partial charge is 0.386 e. The van der Waals surface area contributed by atoms with Gasteiger partial charge in [0.2, 0.25) is 6.61 Å². The number of imidazole rings is 1. The van der Waals surface area contributed by atoms with Crippen molar-refractivity contribution in [2.24, 2.45) is 18.1 Å². The minimum atomic E-state index is -4.42. The molecule has 2 aromatic heterocycles. The molecule has 2 heterocycles. The summed E-state index contributed by atoms with van der Waals surface area (Å²) in [5, 5.41) is 5.00. The number of rotatable bonds is 4. The molecule has 1 aliphatic carbocycles. The molecular weight excluding hydrogens is 369 g/mol. The van der Waals surface area contributed by atoms with Crippen molar-refractivity contribution in [3.05, 3.63) is 53.7 Å². The van der Waals surface area contributed by atoms with Crippen LogP contribution < -0.4 is 0 Å². The lowest BCUT2D eigenvalue weighted by atomic mass is 9.84. The third-order valence-electron chi connectivity index (χ3n) is 5.33. The van der Waals surface area contributed by atoms with Crippen LogP contribution in [0.15, 0.2) is 41.8 Å². The van der Waals surface area contributed by atoms with Crippen LogP contribution in [0.3, 0.4) is 0 Å². The number of halogens is 3. The average molecular weight is 390 g/mol. The van der Waals surface area contributed by atoms with E-state index in [1.165, 1.54) is 0 Å². The van der Waals surface area contributed by atoms with Gasteiger partial charge >= 0.3 is 6.18 Å². The summed E-state index contributed by atoms with van der Waals surface area (Å²) in [6.45, 7) is 1.11. The number of benzene rings is 1. The van der Waals surface area contributed by atoms with E-state index >= 15 is 0 Å². The summed E-state index contributed by atoms with van der Waals surface area (Å²) >= 11 is 0. The predicted octanol–water partition coefficient (Wildman–Crippen LogP) is 4.23. The zero-order valence-electron chi connectivity index (χ0n) is 15.7. The van der Waals surface area contributed by atoms with Gasteiger partial charge in [0.05, 0.1) is 5.71 Å². The van der Waals surface area contributed by atoms with Crippen LogP contribution >= 0.6 is 0 Å². The minimum absolute atomic E-state index is 0.0561. The van der Waals surface area contributed by atoms with Crippen molar-refractivity contribution in [2.75, 3.05) is 6.61 Å². The second-order valence-corrected chi connectivity index (χ2v) is 7.13. The molecule has 0 radical (unpaired) electrons. The molecule has 0 N–H and O–H groups in total. The molecule has 1 aliphatic rings. The summed E-state index contributed by atoms with van der Waals surface area (Å²) < 4.78 is 41.9. The summed E-state index contributed by atoms with van der Waals surface area (Å²) in [6, 6.07) is 7.88. The van der Waals surface area contributed by atoms with E-state index in [0.717, 1.165) is 40.8 Å². The first-order chi connectivity index (χ1) is 13.3. The third-order valence-corrected chi connectivity index (χ3v) is 5.33. The van der Waals surface area contributed by atoms with Crippen molar-refractivity contribution in [3.63, 3.8) is 0 Å². The molecule has 0 saturated heterocycles. The summed E-state index contributed by atoms with van der Waals surface area (Å²) in [4.78, 5) is 9.00. The molecule has 4 rings (SSSR count). The first-order valence-electron chi connectivity index (χ1n) is 9.16. The lowest BCUT2D eigenvalue weighted by Crippen LogP contribution is -2.28. The van der Waals surface area contributed by atoms with Crippen molar-refractivity contribution >= 4 is 16.6 Å². The summed E-state index contributed by atoms with van der Waals surface area (Å²) in [7, 11) is 1.98. The van der Waals surface area contributed by atoms with E-state index in [1.54, 1.807) is 6.20 Å². The Hall–Kier alpha value is -2.77. The van der Waals surface area contributed by atoms with Crippen LogP contribution in [0.4, 0.5) is 13.2 Å². The van der Waals surface area contributed by atoms with Crippen molar-refractivity contribution < 1.29 is 18.0 Å². The van der Waals surface area contributed by atoms with Gasteiger partial charge in [0.25, 0.3) is 0 Å². The van der Waals surface area contributed by atoms with E-state index in [2.05, 4.69) is 14.7 Å². The molecule has 1 atom stereocenters. The Labute approximate surface area is 160 Å². The fourth-order valence-electron chi connectivity index (χ4n) is 3.98. The maximum atomic E-state index is 12.6. The fraction of sp³-hybridized carbons (Fsp3) is 0.400. The van der Waals surface area contributed by atoms with Gasteiger partial charge in [-0.05, 0) is 25.8 Å². The van der Waals surface area contributed by atoms with Crippen molar-refractivity contribution in [1.82, 2.24) is 14.1 Å². The molecule has 28 heavy (non-hydrogen) atoms. The third kappa shape index (κ3) is 3.39. The van der Waals surface area contributed by atoms with Gasteiger partial charge in [0.15, 0.2) is 0 Å². The maximum Gasteiger partial charge on any atom is 0.425 e. The number of hydrogen-bond acceptors (Lipinski definition) is 3. The zero-order chi connectivity index (χ0) is 19.9. The van der Waals surface area contributed by atoms with Crippen molar-refractivity contribution in [3.8, 4) is 0 Å². The molecule has 8 heteroatoms. The standard InChI is InChI=1S/C20H21F3N4O/c1-13-24-9-10-27(13)11-14-7-8-17-18(19(14)25-28-12-20(21,22)23)15-5-3-4-6-16(15)26(17)2/h3-6,9-10,14H,7-8,11-12H2,1-2H3/b25-19+. The van der Waals surface area contributed by atoms with Crippen LogP contribution in [0.2, 0.25) is 0 Å². The van der Waals surface area contributed by atoms with E-state index in [1.807, 2.05) is 49.0 Å². The van der Waals surface area contributed by atoms with Crippen molar-refractivity contribution in [1.29, 1.82) is 0 Å². The quantitative estimate of drug-likeness (QED) is 0.626. The average Bonchev–Trinajstić information content (AvgIpc) is 3.18. The highest BCUT2D eigenvalue weighted by atomic mass is 19.4. The van der Waals surface area contributed by atoms with Crippen LogP contribution in [-0.4, -0.2) is 32.6 Å².